The standard InChI is InChI=1S/C25H19ClN4O3/c1-33-22-13-7-5-11-19(22)27-23(31)20-15-29-21-12-6-3-9-17(21)24(32)30(25(29)28-20)14-16-8-2-4-10-18(16)26/h2-13,15H,14H2,1H3,(H,27,31). The number of nitrogens with one attached hydrogen (secondary N) is 1. The van der Waals surface area contributed by atoms with E-state index >= 15 is 0 Å². The number of fused-ring (bicyclic) bond motifs is 3. The molecule has 2 aromatic heterocycles. The van der Waals surface area contributed by atoms with Gasteiger partial charge in [-0.3, -0.25) is 18.6 Å². The summed E-state index contributed by atoms with van der Waals surface area (Å²) in [7, 11) is 1.54. The molecule has 1 amide bonds. The first-order chi connectivity index (χ1) is 16.1. The topological polar surface area (TPSA) is 77.6 Å². The molecule has 0 fully saturated rings. The van der Waals surface area contributed by atoms with Crippen LogP contribution < -0.4 is 15.6 Å². The zero-order valence-corrected chi connectivity index (χ0v) is 18.4. The first-order valence-corrected chi connectivity index (χ1v) is 10.6. The van der Waals surface area contributed by atoms with Crippen LogP contribution in [0.5, 0.6) is 5.75 Å². The molecule has 0 aliphatic carbocycles. The number of hydrogen-bond donors (Lipinski definition) is 1. The van der Waals surface area contributed by atoms with Crippen molar-refractivity contribution in [3.8, 4) is 5.75 Å². The van der Waals surface area contributed by atoms with E-state index in [0.717, 1.165) is 5.56 Å². The number of aromatic nitrogens is 3. The van der Waals surface area contributed by atoms with E-state index in [-0.39, 0.29) is 17.8 Å². The Bertz CT molecular complexity index is 1570. The summed E-state index contributed by atoms with van der Waals surface area (Å²) in [6.45, 7) is 0.220. The zero-order chi connectivity index (χ0) is 22.9. The van der Waals surface area contributed by atoms with Crippen molar-refractivity contribution in [2.75, 3.05) is 12.4 Å². The highest BCUT2D eigenvalue weighted by Crippen LogP contribution is 2.24. The highest BCUT2D eigenvalue weighted by Gasteiger charge is 2.19. The maximum atomic E-state index is 13.4. The Morgan fingerprint density at radius 3 is 2.58 bits per heavy atom. The summed E-state index contributed by atoms with van der Waals surface area (Å²) in [5.41, 5.74) is 1.93. The molecule has 0 atom stereocenters. The Morgan fingerprint density at radius 2 is 1.76 bits per heavy atom. The van der Waals surface area contributed by atoms with Gasteiger partial charge in [-0.15, -0.1) is 0 Å². The first kappa shape index (κ1) is 20.8. The third-order valence-electron chi connectivity index (χ3n) is 5.44. The fourth-order valence-corrected chi connectivity index (χ4v) is 4.02. The summed E-state index contributed by atoms with van der Waals surface area (Å²) in [6.07, 6.45) is 1.63. The number of methoxy groups -OCH3 is 1. The van der Waals surface area contributed by atoms with E-state index in [2.05, 4.69) is 10.3 Å². The highest BCUT2D eigenvalue weighted by molar-refractivity contribution is 6.31. The number of para-hydroxylation sites is 3. The van der Waals surface area contributed by atoms with E-state index in [1.54, 1.807) is 40.9 Å². The molecule has 7 nitrogen and oxygen atoms in total. The van der Waals surface area contributed by atoms with Gasteiger partial charge in [0.05, 0.1) is 30.2 Å². The predicted octanol–water partition coefficient (Wildman–Crippen LogP) is 4.61. The van der Waals surface area contributed by atoms with Gasteiger partial charge >= 0.3 is 0 Å². The predicted molar refractivity (Wildman–Crippen MR) is 128 cm³/mol. The minimum atomic E-state index is -0.413. The molecular formula is C25H19ClN4O3. The molecule has 164 valence electrons. The Labute approximate surface area is 193 Å². The van der Waals surface area contributed by atoms with E-state index in [1.165, 1.54) is 11.7 Å². The zero-order valence-electron chi connectivity index (χ0n) is 17.7. The molecule has 0 unspecified atom stereocenters. The molecule has 33 heavy (non-hydrogen) atoms. The monoisotopic (exact) mass is 458 g/mol. The van der Waals surface area contributed by atoms with E-state index in [0.29, 0.717) is 33.1 Å². The largest absolute Gasteiger partial charge is 0.495 e. The Kier molecular flexibility index (Phi) is 5.32. The van der Waals surface area contributed by atoms with E-state index in [1.807, 2.05) is 42.5 Å². The second-order valence-electron chi connectivity index (χ2n) is 7.45. The second-order valence-corrected chi connectivity index (χ2v) is 7.86. The first-order valence-electron chi connectivity index (χ1n) is 10.2. The molecule has 3 aromatic carbocycles. The lowest BCUT2D eigenvalue weighted by atomic mass is 10.2. The molecule has 2 heterocycles. The number of imidazole rings is 1. The highest BCUT2D eigenvalue weighted by atomic mass is 35.5. The maximum absolute atomic E-state index is 13.4. The average Bonchev–Trinajstić information content (AvgIpc) is 3.29. The lowest BCUT2D eigenvalue weighted by molar-refractivity contribution is 0.102. The lowest BCUT2D eigenvalue weighted by Crippen LogP contribution is -2.24. The molecule has 8 heteroatoms. The summed E-state index contributed by atoms with van der Waals surface area (Å²) < 4.78 is 8.60. The van der Waals surface area contributed by atoms with Crippen molar-refractivity contribution in [2.24, 2.45) is 0 Å². The number of amides is 1. The number of ether oxygens (including phenoxy) is 1. The Morgan fingerprint density at radius 1 is 1.03 bits per heavy atom. The van der Waals surface area contributed by atoms with Crippen LogP contribution in [0.2, 0.25) is 5.02 Å². The third-order valence-corrected chi connectivity index (χ3v) is 5.81. The van der Waals surface area contributed by atoms with Gasteiger partial charge in [-0.2, -0.15) is 0 Å². The van der Waals surface area contributed by atoms with Gasteiger partial charge in [0.2, 0.25) is 5.78 Å². The summed E-state index contributed by atoms with van der Waals surface area (Å²) in [5.74, 6) is 0.475. The van der Waals surface area contributed by atoms with Gasteiger partial charge in [0, 0.05) is 11.2 Å². The normalized spacial score (nSPS) is 11.1. The molecule has 0 spiro atoms. The summed E-state index contributed by atoms with van der Waals surface area (Å²) >= 11 is 6.35. The fourth-order valence-electron chi connectivity index (χ4n) is 3.82. The van der Waals surface area contributed by atoms with Crippen molar-refractivity contribution in [1.29, 1.82) is 0 Å². The minimum absolute atomic E-state index is 0.171. The van der Waals surface area contributed by atoms with Crippen molar-refractivity contribution in [2.45, 2.75) is 6.54 Å². The van der Waals surface area contributed by atoms with Gasteiger partial charge in [-0.1, -0.05) is 54.1 Å². The van der Waals surface area contributed by atoms with Gasteiger partial charge in [-0.25, -0.2) is 4.98 Å². The third kappa shape index (κ3) is 3.72. The molecular weight excluding hydrogens is 440 g/mol. The quantitative estimate of drug-likeness (QED) is 0.417. The number of nitrogens with zero attached hydrogens (tertiary/aromatic N) is 3. The van der Waals surface area contributed by atoms with Crippen LogP contribution in [-0.4, -0.2) is 27.0 Å². The Hall–Kier alpha value is -4.10. The molecule has 5 aromatic rings. The minimum Gasteiger partial charge on any atom is -0.495 e. The summed E-state index contributed by atoms with van der Waals surface area (Å²) in [6, 6.07) is 21.7. The molecule has 0 saturated heterocycles. The number of carbonyl (C=O) groups excluding carboxylic acids is 1. The van der Waals surface area contributed by atoms with Crippen molar-refractivity contribution < 1.29 is 9.53 Å². The number of halogens is 1. The second kappa shape index (κ2) is 8.44. The Balaban J connectivity index is 1.66. The van der Waals surface area contributed by atoms with Crippen LogP contribution in [-0.2, 0) is 6.54 Å². The van der Waals surface area contributed by atoms with Crippen molar-refractivity contribution in [3.05, 3.63) is 106 Å². The molecule has 0 aliphatic heterocycles. The van der Waals surface area contributed by atoms with Gasteiger partial charge in [0.1, 0.15) is 11.4 Å². The number of hydrogen-bond acceptors (Lipinski definition) is 4. The van der Waals surface area contributed by atoms with Crippen molar-refractivity contribution in [1.82, 2.24) is 14.0 Å². The van der Waals surface area contributed by atoms with Crippen LogP contribution in [0.25, 0.3) is 16.7 Å². The van der Waals surface area contributed by atoms with Gasteiger partial charge in [0.15, 0.2) is 0 Å². The van der Waals surface area contributed by atoms with Crippen LogP contribution in [0.1, 0.15) is 16.1 Å². The van der Waals surface area contributed by atoms with Crippen LogP contribution in [0.15, 0.2) is 83.8 Å². The summed E-state index contributed by atoms with van der Waals surface area (Å²) in [5, 5.41) is 3.90. The smallest absolute Gasteiger partial charge is 0.276 e. The average molecular weight is 459 g/mol. The molecule has 1 N–H and O–H groups in total. The summed E-state index contributed by atoms with van der Waals surface area (Å²) in [4.78, 5) is 30.9. The van der Waals surface area contributed by atoms with E-state index < -0.39 is 5.91 Å². The number of rotatable bonds is 5. The van der Waals surface area contributed by atoms with Gasteiger partial charge < -0.3 is 10.1 Å². The lowest BCUT2D eigenvalue weighted by Gasteiger charge is -2.11. The van der Waals surface area contributed by atoms with Gasteiger partial charge in [0.25, 0.3) is 11.5 Å². The maximum Gasteiger partial charge on any atom is 0.276 e. The number of carbonyl (C=O) groups is 1. The van der Waals surface area contributed by atoms with Crippen LogP contribution in [0, 0.1) is 0 Å². The molecule has 0 aliphatic rings. The van der Waals surface area contributed by atoms with Crippen molar-refractivity contribution >= 4 is 39.9 Å². The van der Waals surface area contributed by atoms with Gasteiger partial charge in [-0.05, 0) is 35.9 Å². The van der Waals surface area contributed by atoms with E-state index in [9.17, 15) is 9.59 Å². The van der Waals surface area contributed by atoms with E-state index in [4.69, 9.17) is 16.3 Å². The fraction of sp³-hybridized carbons (Fsp3) is 0.0800. The number of benzene rings is 3. The SMILES string of the molecule is COc1ccccc1NC(=O)c1cn2c3ccccc3c(=O)n(Cc3ccccc3Cl)c2n1. The molecule has 5 rings (SSSR count). The van der Waals surface area contributed by atoms with Crippen LogP contribution >= 0.6 is 11.6 Å². The molecule has 0 bridgehead atoms. The number of anilines is 1. The van der Waals surface area contributed by atoms with Crippen molar-refractivity contribution in [3.63, 3.8) is 0 Å². The van der Waals surface area contributed by atoms with Crippen LogP contribution in [0.3, 0.4) is 0 Å². The molecule has 0 radical (unpaired) electrons. The molecule has 0 saturated carbocycles. The van der Waals surface area contributed by atoms with Crippen LogP contribution in [0.4, 0.5) is 5.69 Å².